The summed E-state index contributed by atoms with van der Waals surface area (Å²) in [6.07, 6.45) is -0.170. The molecule has 0 spiro atoms. The average Bonchev–Trinajstić information content (AvgIpc) is 3.17. The minimum absolute atomic E-state index is 0.0968. The molecule has 2 heterocycles. The van der Waals surface area contributed by atoms with Crippen LogP contribution < -0.4 is 5.56 Å². The molecular weight excluding hydrogens is 357 g/mol. The molecule has 5 nitrogen and oxygen atoms in total. The lowest BCUT2D eigenvalue weighted by Gasteiger charge is -2.03. The third-order valence-corrected chi connectivity index (χ3v) is 4.51. The van der Waals surface area contributed by atoms with Crippen LogP contribution in [0, 0.1) is 31.3 Å². The van der Waals surface area contributed by atoms with Gasteiger partial charge < -0.3 is 4.98 Å². The van der Waals surface area contributed by atoms with Crippen molar-refractivity contribution in [2.75, 3.05) is 0 Å². The van der Waals surface area contributed by atoms with Crippen LogP contribution in [0.15, 0.2) is 35.1 Å². The Morgan fingerprint density at radius 1 is 1.07 bits per heavy atom. The SMILES string of the molecule is Cc1ccc2nc(-n3[nH]c(C)c(Cc4ccc(F)c(F)c4F)c3=O)[nH]c2c1. The number of hydrogen-bond donors (Lipinski definition) is 2. The lowest BCUT2D eigenvalue weighted by atomic mass is 10.0. The van der Waals surface area contributed by atoms with Crippen LogP contribution in [0.5, 0.6) is 0 Å². The fraction of sp³-hybridized carbons (Fsp3) is 0.158. The fourth-order valence-electron chi connectivity index (χ4n) is 3.05. The summed E-state index contributed by atoms with van der Waals surface area (Å²) in [5, 5.41) is 2.89. The highest BCUT2D eigenvalue weighted by molar-refractivity contribution is 5.76. The summed E-state index contributed by atoms with van der Waals surface area (Å²) in [5.74, 6) is -3.81. The molecule has 2 aromatic carbocycles. The van der Waals surface area contributed by atoms with E-state index in [0.29, 0.717) is 17.2 Å². The minimum Gasteiger partial charge on any atom is -0.322 e. The van der Waals surface area contributed by atoms with Gasteiger partial charge in [0.15, 0.2) is 17.5 Å². The zero-order valence-electron chi connectivity index (χ0n) is 14.5. The number of aryl methyl sites for hydroxylation is 2. The molecule has 0 fully saturated rings. The smallest absolute Gasteiger partial charge is 0.277 e. The van der Waals surface area contributed by atoms with Gasteiger partial charge in [0.2, 0.25) is 5.95 Å². The first-order chi connectivity index (χ1) is 12.8. The maximum Gasteiger partial charge on any atom is 0.277 e. The fourth-order valence-corrected chi connectivity index (χ4v) is 3.05. The number of rotatable bonds is 3. The topological polar surface area (TPSA) is 66.5 Å². The van der Waals surface area contributed by atoms with Gasteiger partial charge in [0.25, 0.3) is 5.56 Å². The van der Waals surface area contributed by atoms with Crippen LogP contribution in [0.4, 0.5) is 13.2 Å². The largest absolute Gasteiger partial charge is 0.322 e. The lowest BCUT2D eigenvalue weighted by molar-refractivity contribution is 0.442. The Morgan fingerprint density at radius 2 is 1.85 bits per heavy atom. The van der Waals surface area contributed by atoms with Gasteiger partial charge >= 0.3 is 0 Å². The van der Waals surface area contributed by atoms with Crippen molar-refractivity contribution in [1.29, 1.82) is 0 Å². The molecule has 0 saturated heterocycles. The Balaban J connectivity index is 1.78. The molecule has 0 radical (unpaired) electrons. The van der Waals surface area contributed by atoms with Crippen LogP contribution in [-0.4, -0.2) is 19.7 Å². The Hall–Kier alpha value is -3.29. The van der Waals surface area contributed by atoms with E-state index in [0.717, 1.165) is 23.2 Å². The third-order valence-electron chi connectivity index (χ3n) is 4.51. The second-order valence-electron chi connectivity index (χ2n) is 6.45. The Kier molecular flexibility index (Phi) is 3.91. The maximum atomic E-state index is 14.0. The standard InChI is InChI=1S/C19H15F3N4O/c1-9-3-6-14-15(7-9)24-19(23-14)26-18(27)12(10(2)25-26)8-11-4-5-13(20)17(22)16(11)21/h3-7,25H,8H2,1-2H3,(H,23,24). The third kappa shape index (κ3) is 2.83. The van der Waals surface area contributed by atoms with Gasteiger partial charge in [-0.3, -0.25) is 9.89 Å². The number of hydrogen-bond acceptors (Lipinski definition) is 2. The zero-order valence-corrected chi connectivity index (χ0v) is 14.5. The first kappa shape index (κ1) is 17.1. The molecule has 4 aromatic rings. The van der Waals surface area contributed by atoms with Crippen LogP contribution in [0.2, 0.25) is 0 Å². The van der Waals surface area contributed by atoms with Gasteiger partial charge in [-0.25, -0.2) is 18.2 Å². The molecule has 0 amide bonds. The Bertz CT molecular complexity index is 1240. The van der Waals surface area contributed by atoms with Crippen molar-refractivity contribution in [1.82, 2.24) is 19.7 Å². The van der Waals surface area contributed by atoms with Crippen molar-refractivity contribution in [3.8, 4) is 5.95 Å². The molecule has 0 saturated carbocycles. The highest BCUT2D eigenvalue weighted by Crippen LogP contribution is 2.19. The van der Waals surface area contributed by atoms with Gasteiger partial charge in [-0.2, -0.15) is 4.68 Å². The summed E-state index contributed by atoms with van der Waals surface area (Å²) in [7, 11) is 0. The summed E-state index contributed by atoms with van der Waals surface area (Å²) in [6, 6.07) is 7.63. The molecule has 2 N–H and O–H groups in total. The number of aromatic amines is 2. The molecule has 0 aliphatic carbocycles. The number of fused-ring (bicyclic) bond motifs is 1. The normalized spacial score (nSPS) is 11.4. The predicted molar refractivity (Wildman–Crippen MR) is 94.6 cm³/mol. The summed E-state index contributed by atoms with van der Waals surface area (Å²) in [5.41, 5.74) is 2.72. The van der Waals surface area contributed by atoms with Crippen LogP contribution in [0.25, 0.3) is 17.0 Å². The predicted octanol–water partition coefficient (Wildman–Crippen LogP) is 3.67. The molecule has 8 heteroatoms. The molecule has 2 aromatic heterocycles. The molecule has 0 aliphatic rings. The van der Waals surface area contributed by atoms with Crippen molar-refractivity contribution in [3.63, 3.8) is 0 Å². The zero-order chi connectivity index (χ0) is 19.3. The second kappa shape index (κ2) is 6.15. The summed E-state index contributed by atoms with van der Waals surface area (Å²) >= 11 is 0. The molecule has 0 unspecified atom stereocenters. The molecule has 0 atom stereocenters. The number of nitrogens with one attached hydrogen (secondary N) is 2. The quantitative estimate of drug-likeness (QED) is 0.539. The number of imidazole rings is 1. The first-order valence-electron chi connectivity index (χ1n) is 8.24. The van der Waals surface area contributed by atoms with Gasteiger partial charge in [-0.1, -0.05) is 12.1 Å². The highest BCUT2D eigenvalue weighted by atomic mass is 19.2. The number of H-pyrrole nitrogens is 2. The van der Waals surface area contributed by atoms with E-state index in [1.54, 1.807) is 6.92 Å². The molecular formula is C19H15F3N4O. The first-order valence-corrected chi connectivity index (χ1v) is 8.24. The van der Waals surface area contributed by atoms with Crippen molar-refractivity contribution in [2.24, 2.45) is 0 Å². The van der Waals surface area contributed by atoms with E-state index in [1.165, 1.54) is 4.68 Å². The van der Waals surface area contributed by atoms with Crippen LogP contribution in [0.3, 0.4) is 0 Å². The van der Waals surface area contributed by atoms with Crippen molar-refractivity contribution in [2.45, 2.75) is 20.3 Å². The highest BCUT2D eigenvalue weighted by Gasteiger charge is 2.19. The van der Waals surface area contributed by atoms with E-state index in [-0.39, 0.29) is 17.5 Å². The van der Waals surface area contributed by atoms with Crippen molar-refractivity contribution >= 4 is 11.0 Å². The molecule has 27 heavy (non-hydrogen) atoms. The minimum atomic E-state index is -1.55. The maximum absolute atomic E-state index is 14.0. The monoisotopic (exact) mass is 372 g/mol. The van der Waals surface area contributed by atoms with Crippen LogP contribution >= 0.6 is 0 Å². The second-order valence-corrected chi connectivity index (χ2v) is 6.45. The molecule has 4 rings (SSSR count). The summed E-state index contributed by atoms with van der Waals surface area (Å²) in [4.78, 5) is 20.2. The van der Waals surface area contributed by atoms with E-state index in [1.807, 2.05) is 25.1 Å². The van der Waals surface area contributed by atoms with Crippen LogP contribution in [-0.2, 0) is 6.42 Å². The molecule has 138 valence electrons. The summed E-state index contributed by atoms with van der Waals surface area (Å²) in [6.45, 7) is 3.59. The van der Waals surface area contributed by atoms with E-state index >= 15 is 0 Å². The molecule has 0 bridgehead atoms. The Morgan fingerprint density at radius 3 is 2.63 bits per heavy atom. The van der Waals surface area contributed by atoms with E-state index in [2.05, 4.69) is 15.1 Å². The number of nitrogens with zero attached hydrogens (tertiary/aromatic N) is 2. The number of aromatic nitrogens is 4. The average molecular weight is 372 g/mol. The van der Waals surface area contributed by atoms with E-state index in [4.69, 9.17) is 0 Å². The van der Waals surface area contributed by atoms with Crippen LogP contribution in [0.1, 0.15) is 22.4 Å². The van der Waals surface area contributed by atoms with E-state index < -0.39 is 23.0 Å². The van der Waals surface area contributed by atoms with Gasteiger partial charge in [-0.15, -0.1) is 0 Å². The van der Waals surface area contributed by atoms with Gasteiger partial charge in [-0.05, 0) is 43.2 Å². The molecule has 0 aliphatic heterocycles. The summed E-state index contributed by atoms with van der Waals surface area (Å²) < 4.78 is 41.8. The van der Waals surface area contributed by atoms with Gasteiger partial charge in [0.1, 0.15) is 0 Å². The van der Waals surface area contributed by atoms with Crippen molar-refractivity contribution < 1.29 is 13.2 Å². The lowest BCUT2D eigenvalue weighted by Crippen LogP contribution is -2.19. The van der Waals surface area contributed by atoms with E-state index in [9.17, 15) is 18.0 Å². The number of benzene rings is 2. The number of halogens is 3. The van der Waals surface area contributed by atoms with Gasteiger partial charge in [0, 0.05) is 17.7 Å². The van der Waals surface area contributed by atoms with Crippen molar-refractivity contribution in [3.05, 3.63) is 80.5 Å². The Labute approximate surface area is 151 Å². The van der Waals surface area contributed by atoms with Gasteiger partial charge in [0.05, 0.1) is 11.0 Å².